The average Bonchev–Trinajstić information content (AvgIpc) is 2.02. The molecule has 2 rings (SSSR count). The van der Waals surface area contributed by atoms with E-state index in [1.807, 2.05) is 6.07 Å². The van der Waals surface area contributed by atoms with Crippen LogP contribution in [-0.2, 0) is 6.42 Å². The molecule has 1 aromatic rings. The largest absolute Gasteiger partial charge is 0.385 e. The Hall–Kier alpha value is -0.830. The molecule has 0 saturated heterocycles. The predicted molar refractivity (Wildman–Crippen MR) is 54.8 cm³/mol. The van der Waals surface area contributed by atoms with E-state index in [-0.39, 0.29) is 5.82 Å². The lowest BCUT2D eigenvalue weighted by molar-refractivity contribution is 0.613. The second-order valence-electron chi connectivity index (χ2n) is 3.08. The average molecular weight is 242 g/mol. The van der Waals surface area contributed by atoms with E-state index in [0.717, 1.165) is 23.0 Å². The summed E-state index contributed by atoms with van der Waals surface area (Å²) in [7, 11) is 0. The summed E-state index contributed by atoms with van der Waals surface area (Å²) in [5.41, 5.74) is 2.34. The van der Waals surface area contributed by atoms with Crippen molar-refractivity contribution in [2.24, 2.45) is 0 Å². The van der Waals surface area contributed by atoms with Crippen LogP contribution in [-0.4, -0.2) is 6.54 Å². The molecule has 0 radical (unpaired) electrons. The van der Waals surface area contributed by atoms with Gasteiger partial charge in [-0.1, -0.05) is 22.5 Å². The van der Waals surface area contributed by atoms with Crippen LogP contribution in [0.25, 0.3) is 5.70 Å². The number of nitrogens with one attached hydrogen (secondary N) is 1. The molecule has 0 atom stereocenters. The van der Waals surface area contributed by atoms with Crippen LogP contribution in [0.5, 0.6) is 0 Å². The number of hydrogen-bond acceptors (Lipinski definition) is 1. The molecule has 1 N–H and O–H groups in total. The van der Waals surface area contributed by atoms with Gasteiger partial charge in [-0.05, 0) is 24.1 Å². The highest BCUT2D eigenvalue weighted by Crippen LogP contribution is 2.27. The van der Waals surface area contributed by atoms with Crippen molar-refractivity contribution in [3.05, 3.63) is 40.1 Å². The number of halogens is 2. The lowest BCUT2D eigenvalue weighted by Crippen LogP contribution is -2.23. The molecule has 68 valence electrons. The lowest BCUT2D eigenvalue weighted by atomic mass is 9.98. The summed E-state index contributed by atoms with van der Waals surface area (Å²) >= 11 is 3.27. The van der Waals surface area contributed by atoms with E-state index in [2.05, 4.69) is 27.8 Å². The molecule has 1 heterocycles. The van der Waals surface area contributed by atoms with Gasteiger partial charge in [-0.15, -0.1) is 0 Å². The van der Waals surface area contributed by atoms with Gasteiger partial charge in [0.05, 0.1) is 0 Å². The molecule has 0 aromatic heterocycles. The number of benzene rings is 1. The van der Waals surface area contributed by atoms with Crippen LogP contribution < -0.4 is 5.32 Å². The maximum Gasteiger partial charge on any atom is 0.133 e. The standard InChI is InChI=1S/C10H9BrFN/c1-6-10-7(2-3-13-6)4-8(11)5-9(10)12/h4-5,13H,1-3H2. The summed E-state index contributed by atoms with van der Waals surface area (Å²) in [5.74, 6) is -0.207. The molecular weight excluding hydrogens is 233 g/mol. The molecule has 0 amide bonds. The minimum absolute atomic E-state index is 0.207. The van der Waals surface area contributed by atoms with Gasteiger partial charge in [0.15, 0.2) is 0 Å². The maximum absolute atomic E-state index is 13.5. The van der Waals surface area contributed by atoms with Crippen molar-refractivity contribution >= 4 is 21.6 Å². The highest BCUT2D eigenvalue weighted by molar-refractivity contribution is 9.10. The zero-order valence-electron chi connectivity index (χ0n) is 7.03. The molecule has 0 saturated carbocycles. The zero-order valence-corrected chi connectivity index (χ0v) is 8.62. The smallest absolute Gasteiger partial charge is 0.133 e. The topological polar surface area (TPSA) is 12.0 Å². The van der Waals surface area contributed by atoms with Crippen LogP contribution in [0.15, 0.2) is 23.2 Å². The van der Waals surface area contributed by atoms with Crippen molar-refractivity contribution in [1.29, 1.82) is 0 Å². The Kier molecular flexibility index (Phi) is 2.12. The summed E-state index contributed by atoms with van der Waals surface area (Å²) in [6.45, 7) is 4.61. The predicted octanol–water partition coefficient (Wildman–Crippen LogP) is 2.70. The monoisotopic (exact) mass is 241 g/mol. The Labute approximate surface area is 84.8 Å². The fraction of sp³-hybridized carbons (Fsp3) is 0.200. The first kappa shape index (κ1) is 8.75. The fourth-order valence-corrected chi connectivity index (χ4v) is 2.08. The van der Waals surface area contributed by atoms with E-state index in [0.29, 0.717) is 11.3 Å². The number of rotatable bonds is 0. The second-order valence-corrected chi connectivity index (χ2v) is 3.99. The summed E-state index contributed by atoms with van der Waals surface area (Å²) < 4.78 is 14.2. The third-order valence-corrected chi connectivity index (χ3v) is 2.63. The van der Waals surface area contributed by atoms with Gasteiger partial charge in [0, 0.05) is 22.3 Å². The van der Waals surface area contributed by atoms with Gasteiger partial charge in [-0.25, -0.2) is 4.39 Å². The molecule has 1 aliphatic heterocycles. The number of fused-ring (bicyclic) bond motifs is 1. The zero-order chi connectivity index (χ0) is 9.42. The van der Waals surface area contributed by atoms with Crippen LogP contribution in [0.2, 0.25) is 0 Å². The summed E-state index contributed by atoms with van der Waals surface area (Å²) in [6, 6.07) is 3.42. The third kappa shape index (κ3) is 1.48. The molecule has 0 bridgehead atoms. The molecular formula is C10H9BrFN. The summed E-state index contributed by atoms with van der Waals surface area (Å²) in [6.07, 6.45) is 0.852. The molecule has 3 heteroatoms. The Morgan fingerprint density at radius 2 is 2.23 bits per heavy atom. The van der Waals surface area contributed by atoms with Crippen LogP contribution in [0, 0.1) is 5.82 Å². The van der Waals surface area contributed by atoms with Gasteiger partial charge in [0.25, 0.3) is 0 Å². The Morgan fingerprint density at radius 1 is 1.46 bits per heavy atom. The first-order chi connectivity index (χ1) is 6.18. The van der Waals surface area contributed by atoms with E-state index in [4.69, 9.17) is 0 Å². The van der Waals surface area contributed by atoms with Crippen molar-refractivity contribution < 1.29 is 4.39 Å². The highest BCUT2D eigenvalue weighted by Gasteiger charge is 2.16. The summed E-state index contributed by atoms with van der Waals surface area (Å²) in [4.78, 5) is 0. The summed E-state index contributed by atoms with van der Waals surface area (Å²) in [5, 5.41) is 3.05. The van der Waals surface area contributed by atoms with Gasteiger partial charge >= 0.3 is 0 Å². The van der Waals surface area contributed by atoms with Gasteiger partial charge in [-0.3, -0.25) is 0 Å². The SMILES string of the molecule is C=C1NCCc2cc(Br)cc(F)c21. The maximum atomic E-state index is 13.5. The van der Waals surface area contributed by atoms with Gasteiger partial charge < -0.3 is 5.32 Å². The Balaban J connectivity index is 2.63. The van der Waals surface area contributed by atoms with Gasteiger partial charge in [0.1, 0.15) is 5.82 Å². The van der Waals surface area contributed by atoms with Crippen molar-refractivity contribution in [3.63, 3.8) is 0 Å². The van der Waals surface area contributed by atoms with Crippen LogP contribution >= 0.6 is 15.9 Å². The van der Waals surface area contributed by atoms with Crippen LogP contribution in [0.1, 0.15) is 11.1 Å². The molecule has 0 unspecified atom stereocenters. The molecule has 1 aromatic carbocycles. The van der Waals surface area contributed by atoms with Gasteiger partial charge in [0.2, 0.25) is 0 Å². The minimum atomic E-state index is -0.207. The van der Waals surface area contributed by atoms with Crippen LogP contribution in [0.4, 0.5) is 4.39 Å². The lowest BCUT2D eigenvalue weighted by Gasteiger charge is -2.20. The van der Waals surface area contributed by atoms with Crippen molar-refractivity contribution in [2.45, 2.75) is 6.42 Å². The second kappa shape index (κ2) is 3.14. The van der Waals surface area contributed by atoms with Gasteiger partial charge in [-0.2, -0.15) is 0 Å². The van der Waals surface area contributed by atoms with Crippen molar-refractivity contribution in [3.8, 4) is 0 Å². The Morgan fingerprint density at radius 3 is 3.00 bits per heavy atom. The van der Waals surface area contributed by atoms with E-state index in [1.165, 1.54) is 6.07 Å². The minimum Gasteiger partial charge on any atom is -0.385 e. The molecule has 0 fully saturated rings. The molecule has 0 aliphatic carbocycles. The quantitative estimate of drug-likeness (QED) is 0.737. The van der Waals surface area contributed by atoms with E-state index in [1.54, 1.807) is 0 Å². The fourth-order valence-electron chi connectivity index (χ4n) is 1.60. The molecule has 0 spiro atoms. The van der Waals surface area contributed by atoms with Crippen LogP contribution in [0.3, 0.4) is 0 Å². The van der Waals surface area contributed by atoms with E-state index < -0.39 is 0 Å². The third-order valence-electron chi connectivity index (χ3n) is 2.17. The van der Waals surface area contributed by atoms with E-state index >= 15 is 0 Å². The molecule has 1 nitrogen and oxygen atoms in total. The first-order valence-electron chi connectivity index (χ1n) is 4.09. The Bertz CT molecular complexity index is 373. The first-order valence-corrected chi connectivity index (χ1v) is 4.89. The van der Waals surface area contributed by atoms with Crippen molar-refractivity contribution in [2.75, 3.05) is 6.54 Å². The highest BCUT2D eigenvalue weighted by atomic mass is 79.9. The normalized spacial score (nSPS) is 15.1. The number of hydrogen-bond donors (Lipinski definition) is 1. The van der Waals surface area contributed by atoms with E-state index in [9.17, 15) is 4.39 Å². The van der Waals surface area contributed by atoms with Crippen molar-refractivity contribution in [1.82, 2.24) is 5.32 Å². The molecule has 13 heavy (non-hydrogen) atoms. The molecule has 1 aliphatic rings.